The highest BCUT2D eigenvalue weighted by atomic mass is 16.2. The molecule has 0 aliphatic carbocycles. The first-order chi connectivity index (χ1) is 14.2. The lowest BCUT2D eigenvalue weighted by atomic mass is 9.95. The summed E-state index contributed by atoms with van der Waals surface area (Å²) in [5, 5.41) is 2.93. The average Bonchev–Trinajstić information content (AvgIpc) is 2.80. The van der Waals surface area contributed by atoms with Crippen LogP contribution in [0.1, 0.15) is 23.2 Å². The van der Waals surface area contributed by atoms with Crippen LogP contribution in [-0.2, 0) is 4.79 Å². The Bertz CT molecular complexity index is 964. The normalized spacial score (nSPS) is 14.4. The Hall–Kier alpha value is -3.47. The van der Waals surface area contributed by atoms with Crippen molar-refractivity contribution in [3.05, 3.63) is 84.7 Å². The fraction of sp³-hybridized carbons (Fsp3) is 0.208. The van der Waals surface area contributed by atoms with Crippen molar-refractivity contribution in [3.63, 3.8) is 0 Å². The molecule has 2 heterocycles. The summed E-state index contributed by atoms with van der Waals surface area (Å²) in [7, 11) is 0. The number of hydrogen-bond donors (Lipinski definition) is 1. The van der Waals surface area contributed by atoms with Gasteiger partial charge in [0.2, 0.25) is 5.91 Å². The second-order valence-corrected chi connectivity index (χ2v) is 7.23. The van der Waals surface area contributed by atoms with Crippen LogP contribution in [0.25, 0.3) is 11.1 Å². The molecule has 0 bridgehead atoms. The molecule has 2 amide bonds. The van der Waals surface area contributed by atoms with Gasteiger partial charge in [0.25, 0.3) is 5.91 Å². The van der Waals surface area contributed by atoms with Crippen molar-refractivity contribution >= 4 is 17.5 Å². The minimum Gasteiger partial charge on any atom is -0.339 e. The van der Waals surface area contributed by atoms with Crippen molar-refractivity contribution in [2.75, 3.05) is 18.4 Å². The summed E-state index contributed by atoms with van der Waals surface area (Å²) in [4.78, 5) is 31.1. The summed E-state index contributed by atoms with van der Waals surface area (Å²) in [6, 6.07) is 21.4. The summed E-state index contributed by atoms with van der Waals surface area (Å²) < 4.78 is 0. The second kappa shape index (κ2) is 8.69. The lowest BCUT2D eigenvalue weighted by Crippen LogP contribution is -2.41. The van der Waals surface area contributed by atoms with E-state index in [9.17, 15) is 9.59 Å². The molecule has 1 N–H and O–H groups in total. The Morgan fingerprint density at radius 3 is 2.10 bits per heavy atom. The van der Waals surface area contributed by atoms with Crippen LogP contribution >= 0.6 is 0 Å². The molecule has 0 unspecified atom stereocenters. The summed E-state index contributed by atoms with van der Waals surface area (Å²) in [6.07, 6.45) is 4.65. The SMILES string of the molecule is O=C(Nc1ccncc1)C1CCN(C(=O)c2ccc(-c3ccccc3)cc2)CC1. The standard InChI is InChI=1S/C24H23N3O2/c28-23(26-22-10-14-25-15-11-22)20-12-16-27(17-13-20)24(29)21-8-6-19(7-9-21)18-4-2-1-3-5-18/h1-11,14-15,20H,12-13,16-17H2,(H,25,26,28). The smallest absolute Gasteiger partial charge is 0.253 e. The van der Waals surface area contributed by atoms with Gasteiger partial charge in [-0.3, -0.25) is 14.6 Å². The molecule has 29 heavy (non-hydrogen) atoms. The first kappa shape index (κ1) is 18.9. The molecule has 0 atom stereocenters. The van der Waals surface area contributed by atoms with Gasteiger partial charge in [-0.25, -0.2) is 0 Å². The lowest BCUT2D eigenvalue weighted by Gasteiger charge is -2.31. The fourth-order valence-electron chi connectivity index (χ4n) is 3.64. The van der Waals surface area contributed by atoms with Gasteiger partial charge in [-0.15, -0.1) is 0 Å². The van der Waals surface area contributed by atoms with Crippen molar-refractivity contribution in [3.8, 4) is 11.1 Å². The number of pyridine rings is 1. The van der Waals surface area contributed by atoms with E-state index in [1.165, 1.54) is 0 Å². The zero-order chi connectivity index (χ0) is 20.1. The van der Waals surface area contributed by atoms with Gasteiger partial charge in [-0.1, -0.05) is 42.5 Å². The fourth-order valence-corrected chi connectivity index (χ4v) is 3.64. The van der Waals surface area contributed by atoms with Gasteiger partial charge in [0.1, 0.15) is 0 Å². The van der Waals surface area contributed by atoms with Gasteiger partial charge >= 0.3 is 0 Å². The molecular weight excluding hydrogens is 362 g/mol. The van der Waals surface area contributed by atoms with E-state index >= 15 is 0 Å². The molecule has 5 heteroatoms. The van der Waals surface area contributed by atoms with E-state index in [1.54, 1.807) is 24.5 Å². The summed E-state index contributed by atoms with van der Waals surface area (Å²) in [6.45, 7) is 1.18. The van der Waals surface area contributed by atoms with Crippen molar-refractivity contribution in [2.45, 2.75) is 12.8 Å². The van der Waals surface area contributed by atoms with E-state index in [-0.39, 0.29) is 17.7 Å². The molecule has 4 rings (SSSR count). The number of benzene rings is 2. The van der Waals surface area contributed by atoms with Crippen LogP contribution in [0.15, 0.2) is 79.1 Å². The van der Waals surface area contributed by atoms with Gasteiger partial charge in [0.05, 0.1) is 0 Å². The third-order valence-corrected chi connectivity index (χ3v) is 5.34. The molecule has 0 saturated carbocycles. The van der Waals surface area contributed by atoms with Crippen LogP contribution in [0.4, 0.5) is 5.69 Å². The van der Waals surface area contributed by atoms with Crippen molar-refractivity contribution < 1.29 is 9.59 Å². The van der Waals surface area contributed by atoms with Crippen LogP contribution in [0.5, 0.6) is 0 Å². The maximum Gasteiger partial charge on any atom is 0.253 e. The Morgan fingerprint density at radius 1 is 0.828 bits per heavy atom. The first-order valence-electron chi connectivity index (χ1n) is 9.86. The van der Waals surface area contributed by atoms with Crippen LogP contribution in [0.2, 0.25) is 0 Å². The molecule has 1 saturated heterocycles. The number of hydrogen-bond acceptors (Lipinski definition) is 3. The average molecular weight is 385 g/mol. The van der Waals surface area contributed by atoms with Crippen LogP contribution < -0.4 is 5.32 Å². The maximum absolute atomic E-state index is 12.8. The number of rotatable bonds is 4. The van der Waals surface area contributed by atoms with Crippen LogP contribution in [-0.4, -0.2) is 34.8 Å². The Balaban J connectivity index is 1.33. The number of nitrogens with one attached hydrogen (secondary N) is 1. The van der Waals surface area contributed by atoms with Crippen molar-refractivity contribution in [2.24, 2.45) is 5.92 Å². The highest BCUT2D eigenvalue weighted by Gasteiger charge is 2.27. The maximum atomic E-state index is 12.8. The number of aromatic nitrogens is 1. The minimum atomic E-state index is -0.0762. The van der Waals surface area contributed by atoms with E-state index < -0.39 is 0 Å². The molecule has 2 aromatic carbocycles. The largest absolute Gasteiger partial charge is 0.339 e. The highest BCUT2D eigenvalue weighted by Crippen LogP contribution is 2.23. The highest BCUT2D eigenvalue weighted by molar-refractivity contribution is 5.95. The number of anilines is 1. The topological polar surface area (TPSA) is 62.3 Å². The van der Waals surface area contributed by atoms with E-state index in [0.717, 1.165) is 16.8 Å². The molecule has 3 aromatic rings. The van der Waals surface area contributed by atoms with Gasteiger partial charge < -0.3 is 10.2 Å². The minimum absolute atomic E-state index is 0.00973. The van der Waals surface area contributed by atoms with E-state index in [1.807, 2.05) is 47.4 Å². The van der Waals surface area contributed by atoms with Gasteiger partial charge in [-0.2, -0.15) is 0 Å². The molecule has 1 aliphatic heterocycles. The number of carbonyl (C=O) groups is 2. The molecule has 5 nitrogen and oxygen atoms in total. The summed E-state index contributed by atoms with van der Waals surface area (Å²) in [5.41, 5.74) is 3.66. The number of carbonyl (C=O) groups excluding carboxylic acids is 2. The Morgan fingerprint density at radius 2 is 1.45 bits per heavy atom. The monoisotopic (exact) mass is 385 g/mol. The quantitative estimate of drug-likeness (QED) is 0.731. The van der Waals surface area contributed by atoms with Crippen molar-refractivity contribution in [1.29, 1.82) is 0 Å². The number of piperidine rings is 1. The van der Waals surface area contributed by atoms with Gasteiger partial charge in [0.15, 0.2) is 0 Å². The zero-order valence-electron chi connectivity index (χ0n) is 16.1. The Kier molecular flexibility index (Phi) is 5.66. The summed E-state index contributed by atoms with van der Waals surface area (Å²) in [5.74, 6) is -0.0409. The number of nitrogens with zero attached hydrogens (tertiary/aromatic N) is 2. The second-order valence-electron chi connectivity index (χ2n) is 7.23. The van der Waals surface area contributed by atoms with Crippen molar-refractivity contribution in [1.82, 2.24) is 9.88 Å². The lowest BCUT2D eigenvalue weighted by molar-refractivity contribution is -0.121. The third-order valence-electron chi connectivity index (χ3n) is 5.34. The zero-order valence-corrected chi connectivity index (χ0v) is 16.1. The number of amides is 2. The van der Waals surface area contributed by atoms with E-state index in [4.69, 9.17) is 0 Å². The predicted molar refractivity (Wildman–Crippen MR) is 113 cm³/mol. The molecule has 0 spiro atoms. The van der Waals surface area contributed by atoms with Gasteiger partial charge in [0, 0.05) is 42.7 Å². The summed E-state index contributed by atoms with van der Waals surface area (Å²) >= 11 is 0. The number of likely N-dealkylation sites (tertiary alicyclic amines) is 1. The molecule has 1 aliphatic rings. The van der Waals surface area contributed by atoms with E-state index in [0.29, 0.717) is 31.5 Å². The molecule has 1 fully saturated rings. The third kappa shape index (κ3) is 4.51. The predicted octanol–water partition coefficient (Wildman–Crippen LogP) is 4.24. The van der Waals surface area contributed by atoms with Gasteiger partial charge in [-0.05, 0) is 48.2 Å². The molecule has 146 valence electrons. The first-order valence-corrected chi connectivity index (χ1v) is 9.86. The van der Waals surface area contributed by atoms with Crippen LogP contribution in [0, 0.1) is 5.92 Å². The Labute approximate surface area is 170 Å². The molecule has 1 aromatic heterocycles. The molecule has 0 radical (unpaired) electrons. The molecular formula is C24H23N3O2. The van der Waals surface area contributed by atoms with Crippen LogP contribution in [0.3, 0.4) is 0 Å². The van der Waals surface area contributed by atoms with E-state index in [2.05, 4.69) is 22.4 Å².